The standard InChI is InChI=1S/C21H27N3O6/c1-5-28-19(26)21(23-16(4)25,20(27)29-6-2)12-18-15(3)13-22-24(18)30-14-17-10-8-7-9-11-17/h7-11,13H,5-6,12,14H2,1-4H3,(H,23,25). The molecule has 1 heterocycles. The first-order valence-electron chi connectivity index (χ1n) is 9.68. The Hall–Kier alpha value is -3.36. The van der Waals surface area contributed by atoms with Crippen molar-refractivity contribution in [2.75, 3.05) is 13.2 Å². The first kappa shape index (κ1) is 22.9. The molecule has 0 saturated carbocycles. The monoisotopic (exact) mass is 417 g/mol. The zero-order valence-electron chi connectivity index (χ0n) is 17.6. The average Bonchev–Trinajstić information content (AvgIpc) is 3.06. The van der Waals surface area contributed by atoms with Gasteiger partial charge in [-0.25, -0.2) is 9.59 Å². The first-order valence-corrected chi connectivity index (χ1v) is 9.68. The second kappa shape index (κ2) is 10.4. The number of aryl methyl sites for hydroxylation is 1. The number of nitrogens with zero attached hydrogens (tertiary/aromatic N) is 2. The molecular formula is C21H27N3O6. The Balaban J connectivity index is 2.40. The lowest BCUT2D eigenvalue weighted by Crippen LogP contribution is -2.62. The van der Waals surface area contributed by atoms with Crippen LogP contribution in [0.2, 0.25) is 0 Å². The molecule has 0 unspecified atom stereocenters. The van der Waals surface area contributed by atoms with Crippen molar-refractivity contribution < 1.29 is 28.7 Å². The van der Waals surface area contributed by atoms with Gasteiger partial charge in [0.1, 0.15) is 6.61 Å². The molecule has 2 rings (SSSR count). The maximum atomic E-state index is 12.8. The van der Waals surface area contributed by atoms with Gasteiger partial charge >= 0.3 is 11.9 Å². The maximum absolute atomic E-state index is 12.8. The number of esters is 2. The van der Waals surface area contributed by atoms with E-state index in [4.69, 9.17) is 14.3 Å². The number of ether oxygens (including phenoxy) is 2. The molecule has 1 amide bonds. The highest BCUT2D eigenvalue weighted by Crippen LogP contribution is 2.21. The van der Waals surface area contributed by atoms with Gasteiger partial charge in [-0.15, -0.1) is 9.94 Å². The van der Waals surface area contributed by atoms with Crippen LogP contribution >= 0.6 is 0 Å². The van der Waals surface area contributed by atoms with E-state index in [1.807, 2.05) is 30.3 Å². The molecule has 9 heteroatoms. The van der Waals surface area contributed by atoms with Crippen molar-refractivity contribution in [1.82, 2.24) is 15.3 Å². The van der Waals surface area contributed by atoms with Gasteiger partial charge in [0.2, 0.25) is 11.4 Å². The number of aromatic nitrogens is 2. The summed E-state index contributed by atoms with van der Waals surface area (Å²) in [6.07, 6.45) is 1.31. The predicted molar refractivity (Wildman–Crippen MR) is 107 cm³/mol. The number of amides is 1. The number of hydrogen-bond donors (Lipinski definition) is 1. The van der Waals surface area contributed by atoms with Crippen LogP contribution in [0.5, 0.6) is 0 Å². The second-order valence-electron chi connectivity index (χ2n) is 6.61. The van der Waals surface area contributed by atoms with E-state index in [2.05, 4.69) is 10.4 Å². The van der Waals surface area contributed by atoms with Crippen LogP contribution in [0, 0.1) is 6.92 Å². The lowest BCUT2D eigenvalue weighted by molar-refractivity contribution is -0.168. The van der Waals surface area contributed by atoms with Crippen LogP contribution in [0.1, 0.15) is 37.6 Å². The molecule has 0 spiro atoms. The topological polar surface area (TPSA) is 109 Å². The van der Waals surface area contributed by atoms with E-state index >= 15 is 0 Å². The summed E-state index contributed by atoms with van der Waals surface area (Å²) in [7, 11) is 0. The van der Waals surface area contributed by atoms with Crippen molar-refractivity contribution in [1.29, 1.82) is 0 Å². The van der Waals surface area contributed by atoms with Crippen LogP contribution < -0.4 is 10.2 Å². The third-order valence-corrected chi connectivity index (χ3v) is 4.31. The summed E-state index contributed by atoms with van der Waals surface area (Å²) in [4.78, 5) is 44.6. The van der Waals surface area contributed by atoms with Gasteiger partial charge in [-0.2, -0.15) is 0 Å². The van der Waals surface area contributed by atoms with Crippen molar-refractivity contribution in [3.63, 3.8) is 0 Å². The van der Waals surface area contributed by atoms with E-state index in [0.717, 1.165) is 5.56 Å². The summed E-state index contributed by atoms with van der Waals surface area (Å²) in [5, 5.41) is 6.63. The van der Waals surface area contributed by atoms with E-state index in [-0.39, 0.29) is 26.2 Å². The smallest absolute Gasteiger partial charge is 0.344 e. The van der Waals surface area contributed by atoms with E-state index < -0.39 is 23.4 Å². The highest BCUT2D eigenvalue weighted by molar-refractivity contribution is 6.08. The molecule has 0 fully saturated rings. The van der Waals surface area contributed by atoms with Crippen molar-refractivity contribution in [2.24, 2.45) is 0 Å². The van der Waals surface area contributed by atoms with E-state index in [0.29, 0.717) is 11.3 Å². The highest BCUT2D eigenvalue weighted by Gasteiger charge is 2.51. The molecule has 0 aliphatic heterocycles. The first-order chi connectivity index (χ1) is 14.3. The minimum absolute atomic E-state index is 0.0301. The number of hydrogen-bond acceptors (Lipinski definition) is 7. The minimum Gasteiger partial charge on any atom is -0.464 e. The third-order valence-electron chi connectivity index (χ3n) is 4.31. The summed E-state index contributed by atoms with van der Waals surface area (Å²) in [5.41, 5.74) is -0.0380. The normalized spacial score (nSPS) is 10.9. The van der Waals surface area contributed by atoms with Gasteiger partial charge in [-0.3, -0.25) is 4.79 Å². The van der Waals surface area contributed by atoms with Gasteiger partial charge in [-0.05, 0) is 31.9 Å². The highest BCUT2D eigenvalue weighted by atomic mass is 16.7. The fraction of sp³-hybridized carbons (Fsp3) is 0.429. The number of carbonyl (C=O) groups is 3. The van der Waals surface area contributed by atoms with Crippen molar-refractivity contribution in [2.45, 2.75) is 46.3 Å². The largest absolute Gasteiger partial charge is 0.464 e. The Kier molecular flexibility index (Phi) is 7.97. The quantitative estimate of drug-likeness (QED) is 0.459. The maximum Gasteiger partial charge on any atom is 0.344 e. The lowest BCUT2D eigenvalue weighted by atomic mass is 9.91. The molecule has 2 aromatic rings. The Morgan fingerprint density at radius 3 is 2.20 bits per heavy atom. The molecule has 0 radical (unpaired) electrons. The molecule has 9 nitrogen and oxygen atoms in total. The lowest BCUT2D eigenvalue weighted by Gasteiger charge is -2.29. The van der Waals surface area contributed by atoms with Crippen LogP contribution in [-0.4, -0.2) is 46.5 Å². The molecule has 0 aliphatic carbocycles. The van der Waals surface area contributed by atoms with E-state index in [9.17, 15) is 14.4 Å². The summed E-state index contributed by atoms with van der Waals surface area (Å²) in [6.45, 7) is 6.48. The SMILES string of the molecule is CCOC(=O)C(Cc1c(C)cnn1OCc1ccccc1)(NC(C)=O)C(=O)OCC. The molecule has 30 heavy (non-hydrogen) atoms. The predicted octanol–water partition coefficient (Wildman–Crippen LogP) is 1.36. The molecule has 1 aromatic carbocycles. The Morgan fingerprint density at radius 1 is 1.07 bits per heavy atom. The van der Waals surface area contributed by atoms with Crippen molar-refractivity contribution >= 4 is 17.8 Å². The zero-order chi connectivity index (χ0) is 22.1. The Bertz CT molecular complexity index is 860. The molecule has 1 aromatic heterocycles. The number of benzene rings is 1. The van der Waals surface area contributed by atoms with Crippen LogP contribution in [0.3, 0.4) is 0 Å². The minimum atomic E-state index is -2.06. The fourth-order valence-corrected chi connectivity index (χ4v) is 2.90. The van der Waals surface area contributed by atoms with E-state index in [1.165, 1.54) is 11.8 Å². The van der Waals surface area contributed by atoms with Crippen molar-refractivity contribution in [3.05, 3.63) is 53.3 Å². The van der Waals surface area contributed by atoms with Gasteiger partial charge in [0.15, 0.2) is 0 Å². The Morgan fingerprint density at radius 2 is 1.67 bits per heavy atom. The summed E-state index contributed by atoms with van der Waals surface area (Å²) < 4.78 is 10.2. The second-order valence-corrected chi connectivity index (χ2v) is 6.61. The van der Waals surface area contributed by atoms with Gasteiger partial charge in [0, 0.05) is 13.3 Å². The van der Waals surface area contributed by atoms with Gasteiger partial charge in [0.05, 0.1) is 25.1 Å². The van der Waals surface area contributed by atoms with Gasteiger partial charge in [0.25, 0.3) is 0 Å². The van der Waals surface area contributed by atoms with Crippen molar-refractivity contribution in [3.8, 4) is 0 Å². The molecular weight excluding hydrogens is 390 g/mol. The molecule has 162 valence electrons. The number of rotatable bonds is 10. The molecule has 0 atom stereocenters. The van der Waals surface area contributed by atoms with Crippen LogP contribution in [0.25, 0.3) is 0 Å². The molecule has 0 saturated heterocycles. The van der Waals surface area contributed by atoms with Crippen LogP contribution in [0.15, 0.2) is 36.5 Å². The van der Waals surface area contributed by atoms with Gasteiger partial charge < -0.3 is 19.6 Å². The summed E-state index contributed by atoms with van der Waals surface area (Å²) >= 11 is 0. The average molecular weight is 417 g/mol. The molecule has 1 N–H and O–H groups in total. The number of carbonyl (C=O) groups excluding carboxylic acids is 3. The molecule has 0 aliphatic rings. The van der Waals surface area contributed by atoms with Crippen LogP contribution in [0.4, 0.5) is 0 Å². The summed E-state index contributed by atoms with van der Waals surface area (Å²) in [6, 6.07) is 9.46. The van der Waals surface area contributed by atoms with Crippen LogP contribution in [-0.2, 0) is 36.9 Å². The fourth-order valence-electron chi connectivity index (χ4n) is 2.90. The summed E-state index contributed by atoms with van der Waals surface area (Å²) in [5.74, 6) is -2.40. The third kappa shape index (κ3) is 5.37. The van der Waals surface area contributed by atoms with Gasteiger partial charge in [-0.1, -0.05) is 30.3 Å². The number of nitrogens with one attached hydrogen (secondary N) is 1. The zero-order valence-corrected chi connectivity index (χ0v) is 17.6. The molecule has 0 bridgehead atoms. The Labute approximate surface area is 175 Å². The van der Waals surface area contributed by atoms with E-state index in [1.54, 1.807) is 27.0 Å².